The first-order chi connectivity index (χ1) is 68.0. The first-order valence-electron chi connectivity index (χ1n) is 46.2. The van der Waals surface area contributed by atoms with Crippen molar-refractivity contribution >= 4 is 106 Å². The molecule has 6 fully saturated rings. The van der Waals surface area contributed by atoms with Gasteiger partial charge in [0.05, 0.1) is 24.6 Å². The van der Waals surface area contributed by atoms with E-state index in [1.54, 1.807) is 64.8 Å². The Morgan fingerprint density at radius 1 is 0.359 bits per heavy atom. The summed E-state index contributed by atoms with van der Waals surface area (Å²) in [6.45, 7) is 25.3. The molecular weight excluding hydrogens is 1850 g/mol. The molecule has 0 N–H and O–H groups in total. The van der Waals surface area contributed by atoms with Crippen molar-refractivity contribution in [1.82, 2.24) is 143 Å². The van der Waals surface area contributed by atoms with Crippen molar-refractivity contribution in [2.24, 2.45) is 5.92 Å². The molecular formula is C100H112ClN29O11S. The number of likely N-dealkylation sites (N-methyl/N-ethyl adjacent to an activating group) is 1. The number of hydrazine groups is 5. The van der Waals surface area contributed by atoms with Crippen molar-refractivity contribution in [3.05, 3.63) is 262 Å². The maximum atomic E-state index is 12.8. The highest BCUT2D eigenvalue weighted by atomic mass is 35.5. The van der Waals surface area contributed by atoms with Crippen molar-refractivity contribution in [3.63, 3.8) is 0 Å². The molecule has 0 spiro atoms. The number of carbonyl (C=O) groups excluding carboxylic acids is 9. The van der Waals surface area contributed by atoms with Crippen LogP contribution in [0.25, 0.3) is 87.9 Å². The summed E-state index contributed by atoms with van der Waals surface area (Å²) < 4.78 is 32.0. The lowest BCUT2D eigenvalue weighted by Crippen LogP contribution is -2.47. The van der Waals surface area contributed by atoms with Crippen molar-refractivity contribution in [3.8, 4) is 56.9 Å². The summed E-state index contributed by atoms with van der Waals surface area (Å²) in [5, 5.41) is 35.1. The molecule has 9 amide bonds. The first-order valence-corrected chi connectivity index (χ1v) is 48.5. The number of hydrogen-bond donors (Lipinski definition) is 0. The minimum absolute atomic E-state index is 0.0760. The lowest BCUT2D eigenvalue weighted by Gasteiger charge is -2.27. The van der Waals surface area contributed by atoms with Crippen LogP contribution in [0.1, 0.15) is 121 Å². The van der Waals surface area contributed by atoms with E-state index in [2.05, 4.69) is 95.7 Å². The Balaban J connectivity index is 0.000000141. The van der Waals surface area contributed by atoms with E-state index < -0.39 is 15.9 Å². The summed E-state index contributed by atoms with van der Waals surface area (Å²) in [5.41, 5.74) is 16.5. The predicted octanol–water partition coefficient (Wildman–Crippen LogP) is 10.9. The highest BCUT2D eigenvalue weighted by Crippen LogP contribution is 2.34. The lowest BCUT2D eigenvalue weighted by molar-refractivity contribution is -0.155. The Labute approximate surface area is 827 Å². The molecule has 6 aliphatic rings. The molecule has 5 saturated heterocycles. The van der Waals surface area contributed by atoms with Crippen molar-refractivity contribution in [2.75, 3.05) is 92.3 Å². The average Bonchev–Trinajstić information content (AvgIpc) is 1.70. The molecule has 736 valence electrons. The molecule has 1 saturated carbocycles. The van der Waals surface area contributed by atoms with Crippen LogP contribution in [0.4, 0.5) is 0 Å². The number of hydrogen-bond acceptors (Lipinski definition) is 25. The molecule has 0 bridgehead atoms. The van der Waals surface area contributed by atoms with Crippen LogP contribution in [0.3, 0.4) is 0 Å². The number of pyridine rings is 1. The van der Waals surface area contributed by atoms with E-state index in [-0.39, 0.29) is 76.1 Å². The number of nitrogens with zero attached hydrogens (tertiary/aromatic N) is 29. The van der Waals surface area contributed by atoms with E-state index in [0.29, 0.717) is 114 Å². The Morgan fingerprint density at radius 3 is 0.972 bits per heavy atom. The number of amides is 9. The van der Waals surface area contributed by atoms with Crippen LogP contribution in [-0.2, 0) is 43.6 Å². The minimum Gasteiger partial charge on any atom is -0.301 e. The largest absolute Gasteiger partial charge is 0.301 e. The maximum Gasteiger partial charge on any atom is 0.292 e. The third-order valence-electron chi connectivity index (χ3n) is 22.7. The number of halogens is 1. The van der Waals surface area contributed by atoms with E-state index in [1.807, 2.05) is 144 Å². The van der Waals surface area contributed by atoms with Crippen molar-refractivity contribution in [2.45, 2.75) is 114 Å². The van der Waals surface area contributed by atoms with Gasteiger partial charge in [-0.2, -0.15) is 0 Å². The summed E-state index contributed by atoms with van der Waals surface area (Å²) >= 11 is 6.04. The third-order valence-corrected chi connectivity index (χ3v) is 24.2. The molecule has 12 heterocycles. The second-order valence-corrected chi connectivity index (χ2v) is 37.6. The van der Waals surface area contributed by atoms with Crippen molar-refractivity contribution < 1.29 is 51.6 Å². The van der Waals surface area contributed by atoms with E-state index in [1.165, 1.54) is 139 Å². The van der Waals surface area contributed by atoms with Crippen molar-refractivity contribution in [1.29, 1.82) is 0 Å². The normalized spacial score (nSPS) is 15.0. The second kappa shape index (κ2) is 46.3. The Morgan fingerprint density at radius 2 is 0.655 bits per heavy atom. The van der Waals surface area contributed by atoms with Crippen LogP contribution in [0.15, 0.2) is 190 Å². The zero-order chi connectivity index (χ0) is 101. The average molecular weight is 1960 g/mol. The molecule has 0 unspecified atom stereocenters. The molecule has 5 aromatic carbocycles. The fraction of sp³-hybridized carbons (Fsp3) is 0.320. The number of benzene rings is 5. The summed E-state index contributed by atoms with van der Waals surface area (Å²) in [5.74, 6) is 0.860. The molecule has 12 aromatic rings. The molecule has 1 aliphatic carbocycles. The van der Waals surface area contributed by atoms with Gasteiger partial charge >= 0.3 is 0 Å². The Hall–Kier alpha value is -15.9. The highest BCUT2D eigenvalue weighted by Gasteiger charge is 2.40. The Bertz CT molecular complexity index is 6850. The van der Waals surface area contributed by atoms with Gasteiger partial charge < -0.3 is 4.90 Å². The van der Waals surface area contributed by atoms with Gasteiger partial charge in [0.2, 0.25) is 15.9 Å². The zero-order valence-corrected chi connectivity index (χ0v) is 82.9. The maximum absolute atomic E-state index is 12.8. The third kappa shape index (κ3) is 27.0. The van der Waals surface area contributed by atoms with Gasteiger partial charge in [-0.3, -0.25) is 63.2 Å². The van der Waals surface area contributed by atoms with E-state index in [9.17, 15) is 51.6 Å². The van der Waals surface area contributed by atoms with Gasteiger partial charge in [-0.15, -0.1) is 29.9 Å². The van der Waals surface area contributed by atoms with Crippen LogP contribution in [-0.4, -0.2) is 297 Å². The van der Waals surface area contributed by atoms with Crippen LogP contribution < -0.4 is 0 Å². The topological polar surface area (TPSA) is 416 Å². The smallest absolute Gasteiger partial charge is 0.292 e. The second-order valence-electron chi connectivity index (χ2n) is 35.4. The summed E-state index contributed by atoms with van der Waals surface area (Å²) in [7, 11) is 0.213. The van der Waals surface area contributed by atoms with E-state index in [0.717, 1.165) is 120 Å². The lowest BCUT2D eigenvalue weighted by atomic mass is 10.1. The fourth-order valence-corrected chi connectivity index (χ4v) is 17.8. The predicted molar refractivity (Wildman–Crippen MR) is 533 cm³/mol. The Kier molecular flexibility index (Phi) is 33.2. The summed E-state index contributed by atoms with van der Waals surface area (Å²) in [4.78, 5) is 148. The molecule has 7 aromatic heterocycles. The highest BCUT2D eigenvalue weighted by molar-refractivity contribution is 7.88. The van der Waals surface area contributed by atoms with Gasteiger partial charge in [0, 0.05) is 179 Å². The standard InChI is InChI=1S/C22H21ClN6O2.C21H21N7O2.C20H26N6O2.C20H23N5O2.C17H21N5O3S/c1-15-11-16(2)13-17(12-15)21-25-14-27(26-21)10-6-19(30)28-8-4-9-29(28)22(31)18-5-3-7-24-20(18)23;1-15-10-16(2)12-17(11-15)20-24-14-26(25-20)9-4-19(29)27-7-3-8-28(27)21(30)18-13-22-5-6-23-18;1-15-10-16(2)12-17(11-15)20-21-14-24(22-20)9-6-18(27)25-7-5-8-26(25)19(28)13-23(3)4;1-14-10-15(2)12-17(11-14)19-21-13-23(22-19)9-6-18(26)24-7-3-8-25(24)20(27)16-4-5-16;1-13-9-14(2)11-15(10-13)17-18-12-20(19-17)8-5-16(23)21-6-4-7-22(21)26(3,24)25/h3,5-7,10-14H,4,8-9H2,1-2H3;4-6,9-14H,3,7-8H2,1-2H3;6,9-12,14H,5,7-8,13H2,1-4H3;6,9-13,16H,3-5,7-8H2,1-2H3;5,8-12H,4,6-7H2,1-3H3/b10-6-;9-4-;2*9-6-;8-5-. The summed E-state index contributed by atoms with van der Waals surface area (Å²) in [6, 6.07) is 33.8. The van der Waals surface area contributed by atoms with Gasteiger partial charge in [0.15, 0.2) is 29.1 Å². The van der Waals surface area contributed by atoms with Gasteiger partial charge in [0.1, 0.15) is 42.5 Å². The van der Waals surface area contributed by atoms with E-state index >= 15 is 0 Å². The molecule has 18 rings (SSSR count). The van der Waals surface area contributed by atoms with Crippen LogP contribution in [0, 0.1) is 75.2 Å². The van der Waals surface area contributed by atoms with Crippen LogP contribution in [0.2, 0.25) is 5.15 Å². The zero-order valence-electron chi connectivity index (χ0n) is 81.3. The number of sulfonamides is 1. The number of aromatic nitrogens is 18. The first kappa shape index (κ1) is 102. The van der Waals surface area contributed by atoms with Crippen LogP contribution >= 0.6 is 11.6 Å². The van der Waals surface area contributed by atoms with Gasteiger partial charge in [0.25, 0.3) is 47.3 Å². The van der Waals surface area contributed by atoms with E-state index in [4.69, 9.17) is 11.6 Å². The SMILES string of the molecule is Cc1cc(C)cc(-c2ncn(/C=C\C(=O)N3CCCN3C(=O)C3CC3)n2)c1.Cc1cc(C)cc(-c2ncn(/C=C\C(=O)N3CCCN3C(=O)CN(C)C)n2)c1.Cc1cc(C)cc(-c2ncn(/C=C\C(=O)N3CCCN3C(=O)c3cccnc3Cl)n2)c1.Cc1cc(C)cc(-c2ncn(/C=C\C(=O)N3CCCN3C(=O)c3cnccn3)n2)c1.Cc1cc(C)cc(-c2ncn(/C=C\C(=O)N3CCCN3S(C)(=O)=O)n2)c1. The monoisotopic (exact) mass is 1960 g/mol. The quantitative estimate of drug-likeness (QED) is 0.0476. The minimum atomic E-state index is -3.45. The summed E-state index contributed by atoms with van der Waals surface area (Å²) in [6.07, 6.45) is 34.7. The molecule has 5 aliphatic heterocycles. The number of carbonyl (C=O) groups is 9. The van der Waals surface area contributed by atoms with Crippen LogP contribution in [0.5, 0.6) is 0 Å². The number of aryl methyl sites for hydroxylation is 10. The van der Waals surface area contributed by atoms with Gasteiger partial charge in [-0.25, -0.2) is 96.8 Å². The molecule has 0 radical (unpaired) electrons. The molecule has 40 nitrogen and oxygen atoms in total. The van der Waals surface area contributed by atoms with Gasteiger partial charge in [-0.05, 0) is 201 Å². The van der Waals surface area contributed by atoms with Gasteiger partial charge in [-0.1, -0.05) is 97.6 Å². The molecule has 0 atom stereocenters. The molecule has 42 heteroatoms. The number of rotatable bonds is 21. The fourth-order valence-electron chi connectivity index (χ4n) is 16.6. The molecule has 142 heavy (non-hydrogen) atoms.